The Labute approximate surface area is 95.3 Å². The average Bonchev–Trinajstić information content (AvgIpc) is 2.08. The lowest BCUT2D eigenvalue weighted by atomic mass is 10.3. The van der Waals surface area contributed by atoms with Crippen molar-refractivity contribution in [3.8, 4) is 5.75 Å². The summed E-state index contributed by atoms with van der Waals surface area (Å²) in [5.74, 6) is 0.889. The summed E-state index contributed by atoms with van der Waals surface area (Å²) >= 11 is 6.44. The highest BCUT2D eigenvalue weighted by molar-refractivity contribution is 9.47. The third-order valence-electron chi connectivity index (χ3n) is 0.990. The molecule has 12 heavy (non-hydrogen) atoms. The Morgan fingerprint density at radius 1 is 1.58 bits per heavy atom. The molecule has 0 unspecified atom stereocenters. The van der Waals surface area contributed by atoms with E-state index in [9.17, 15) is 0 Å². The first kappa shape index (κ1) is 12.7. The Morgan fingerprint density at radius 2 is 2.25 bits per heavy atom. The molecule has 0 aliphatic rings. The number of hydrogen-bond donors (Lipinski definition) is 0. The van der Waals surface area contributed by atoms with E-state index in [0.29, 0.717) is 0 Å². The zero-order valence-corrected chi connectivity index (χ0v) is 11.5. The Hall–Kier alpha value is 0.746. The quantitative estimate of drug-likeness (QED) is 0.763. The molecule has 1 aromatic carbocycles. The van der Waals surface area contributed by atoms with E-state index in [2.05, 4.69) is 31.8 Å². The monoisotopic (exact) mass is 303 g/mol. The van der Waals surface area contributed by atoms with Crippen LogP contribution in [0.4, 0.5) is 0 Å². The summed E-state index contributed by atoms with van der Waals surface area (Å²) in [7, 11) is 0. The number of ether oxygens (including phenoxy) is 1. The smallest absolute Gasteiger partial charge is 0.494 e. The van der Waals surface area contributed by atoms with Gasteiger partial charge in [-0.3, -0.25) is 25.8 Å². The maximum atomic E-state index is 5.17. The molecule has 0 heterocycles. The SMILES string of the molecule is CCOc1c[c]ccc1.[Br][Mg][Br]. The van der Waals surface area contributed by atoms with Crippen LogP contribution in [0, 0.1) is 6.07 Å². The summed E-state index contributed by atoms with van der Waals surface area (Å²) in [6.45, 7) is 2.69. The summed E-state index contributed by atoms with van der Waals surface area (Å²) < 4.78 is 5.17. The number of halogens is 2. The molecule has 63 valence electrons. The lowest BCUT2D eigenvalue weighted by Gasteiger charge is -1.98. The van der Waals surface area contributed by atoms with Crippen molar-refractivity contribution in [2.75, 3.05) is 6.61 Å². The van der Waals surface area contributed by atoms with Gasteiger partial charge >= 0.3 is 16.0 Å². The third-order valence-corrected chi connectivity index (χ3v) is 0.990. The van der Waals surface area contributed by atoms with Crippen molar-refractivity contribution in [1.29, 1.82) is 0 Å². The summed E-state index contributed by atoms with van der Waals surface area (Å²) in [6.07, 6.45) is 0. The van der Waals surface area contributed by atoms with Crippen LogP contribution in [0.2, 0.25) is 0 Å². The summed E-state index contributed by atoms with van der Waals surface area (Å²) in [6, 6.07) is 10.4. The van der Waals surface area contributed by atoms with Gasteiger partial charge < -0.3 is 4.74 Å². The fourth-order valence-electron chi connectivity index (χ4n) is 0.633. The summed E-state index contributed by atoms with van der Waals surface area (Å²) in [5.41, 5.74) is 0. The standard InChI is InChI=1S/C8H9O.2BrH.Mg/c1-2-9-8-6-4-3-5-7-8;;;/h3-4,6-7H,2H2,1H3;2*1H;/q;;;+2/p-2. The maximum Gasteiger partial charge on any atom is 0.560 e. The van der Waals surface area contributed by atoms with Crippen molar-refractivity contribution in [2.45, 2.75) is 6.92 Å². The zero-order chi connectivity index (χ0) is 9.23. The molecule has 0 aliphatic carbocycles. The molecule has 1 nitrogen and oxygen atoms in total. The van der Waals surface area contributed by atoms with E-state index < -0.39 is 0 Å². The third kappa shape index (κ3) is 7.40. The molecule has 0 fully saturated rings. The van der Waals surface area contributed by atoms with Crippen LogP contribution in [0.5, 0.6) is 5.75 Å². The Morgan fingerprint density at radius 3 is 2.67 bits per heavy atom. The number of rotatable bonds is 2. The van der Waals surface area contributed by atoms with Crippen LogP contribution in [0.15, 0.2) is 24.3 Å². The van der Waals surface area contributed by atoms with Crippen LogP contribution in [-0.2, 0) is 0 Å². The van der Waals surface area contributed by atoms with Crippen LogP contribution >= 0.6 is 25.8 Å². The van der Waals surface area contributed by atoms with E-state index in [1.165, 1.54) is 0 Å². The minimum absolute atomic E-state index is 0.0417. The number of hydrogen-bond acceptors (Lipinski definition) is 1. The van der Waals surface area contributed by atoms with Gasteiger partial charge in [-0.2, -0.15) is 0 Å². The second kappa shape index (κ2) is 9.83. The van der Waals surface area contributed by atoms with Gasteiger partial charge in [0.2, 0.25) is 0 Å². The van der Waals surface area contributed by atoms with E-state index in [1.807, 2.05) is 31.2 Å². The minimum Gasteiger partial charge on any atom is -0.494 e. The largest absolute Gasteiger partial charge is 0.560 e. The fourth-order valence-corrected chi connectivity index (χ4v) is 0.633. The van der Waals surface area contributed by atoms with E-state index in [1.54, 1.807) is 0 Å². The van der Waals surface area contributed by atoms with Crippen LogP contribution in [-0.4, -0.2) is 22.6 Å². The van der Waals surface area contributed by atoms with Crippen molar-refractivity contribution in [3.05, 3.63) is 30.3 Å². The highest BCUT2D eigenvalue weighted by Gasteiger charge is 1.84. The average molecular weight is 305 g/mol. The Kier molecular flexibility index (Phi) is 10.4. The van der Waals surface area contributed by atoms with Gasteiger partial charge in [-0.05, 0) is 25.1 Å². The molecule has 0 N–H and O–H groups in total. The summed E-state index contributed by atoms with van der Waals surface area (Å²) in [5, 5.41) is 0. The molecule has 0 saturated carbocycles. The first-order valence-corrected chi connectivity index (χ1v) is 11.4. The van der Waals surface area contributed by atoms with Crippen LogP contribution in [0.3, 0.4) is 0 Å². The fraction of sp³-hybridized carbons (Fsp3) is 0.250. The molecule has 0 spiro atoms. The van der Waals surface area contributed by atoms with Gasteiger partial charge in [0.25, 0.3) is 0 Å². The molecule has 4 heteroatoms. The van der Waals surface area contributed by atoms with Crippen molar-refractivity contribution >= 4 is 41.8 Å². The molecule has 0 atom stereocenters. The van der Waals surface area contributed by atoms with E-state index in [-0.39, 0.29) is 16.0 Å². The van der Waals surface area contributed by atoms with Gasteiger partial charge in [0.15, 0.2) is 0 Å². The van der Waals surface area contributed by atoms with Gasteiger partial charge in [0.1, 0.15) is 5.75 Å². The Bertz CT molecular complexity index is 182. The summed E-state index contributed by atoms with van der Waals surface area (Å²) in [4.78, 5) is 0. The predicted molar refractivity (Wildman–Crippen MR) is 60.1 cm³/mol. The molecular weight excluding hydrogens is 296 g/mol. The van der Waals surface area contributed by atoms with E-state index >= 15 is 0 Å². The number of benzene rings is 1. The lowest BCUT2D eigenvalue weighted by molar-refractivity contribution is 0.340. The molecule has 0 amide bonds. The van der Waals surface area contributed by atoms with Crippen molar-refractivity contribution in [1.82, 2.24) is 0 Å². The second-order valence-corrected chi connectivity index (χ2v) is 9.85. The van der Waals surface area contributed by atoms with Gasteiger partial charge in [-0.15, -0.1) is 0 Å². The first-order valence-electron chi connectivity index (χ1n) is 3.56. The molecule has 0 saturated heterocycles. The van der Waals surface area contributed by atoms with Crippen LogP contribution in [0.1, 0.15) is 6.92 Å². The predicted octanol–water partition coefficient (Wildman–Crippen LogP) is 3.20. The van der Waals surface area contributed by atoms with Crippen LogP contribution < -0.4 is 4.74 Å². The Balaban J connectivity index is 0.000000354. The van der Waals surface area contributed by atoms with Crippen LogP contribution in [0.25, 0.3) is 0 Å². The molecule has 1 aromatic rings. The molecule has 1 radical (unpaired) electrons. The molecule has 1 rings (SSSR count). The molecule has 0 aromatic heterocycles. The highest BCUT2D eigenvalue weighted by Crippen LogP contribution is 2.06. The van der Waals surface area contributed by atoms with Crippen molar-refractivity contribution < 1.29 is 4.74 Å². The molecule has 0 aliphatic heterocycles. The van der Waals surface area contributed by atoms with Crippen molar-refractivity contribution in [2.24, 2.45) is 0 Å². The molecular formula is C8H9Br2MgO. The normalized spacial score (nSPS) is 7.58. The van der Waals surface area contributed by atoms with E-state index in [0.717, 1.165) is 12.4 Å². The van der Waals surface area contributed by atoms with Gasteiger partial charge in [-0.25, -0.2) is 0 Å². The highest BCUT2D eigenvalue weighted by atomic mass is 79.9. The topological polar surface area (TPSA) is 9.23 Å². The van der Waals surface area contributed by atoms with E-state index in [4.69, 9.17) is 4.74 Å². The van der Waals surface area contributed by atoms with Gasteiger partial charge in [0, 0.05) is 0 Å². The zero-order valence-electron chi connectivity index (χ0n) is 6.89. The lowest BCUT2D eigenvalue weighted by Crippen LogP contribution is -1.89. The minimum atomic E-state index is 0.0417. The van der Waals surface area contributed by atoms with Gasteiger partial charge in [-0.1, -0.05) is 12.1 Å². The first-order chi connectivity index (χ1) is 5.85. The molecule has 0 bridgehead atoms. The maximum absolute atomic E-state index is 5.17. The second-order valence-electron chi connectivity index (χ2n) is 1.77. The van der Waals surface area contributed by atoms with Gasteiger partial charge in [0.05, 0.1) is 6.61 Å². The van der Waals surface area contributed by atoms with Crippen molar-refractivity contribution in [3.63, 3.8) is 0 Å².